The monoisotopic (exact) mass is 348 g/mol. The lowest BCUT2D eigenvalue weighted by Gasteiger charge is -2.57. The predicted molar refractivity (Wildman–Crippen MR) is 98.1 cm³/mol. The van der Waals surface area contributed by atoms with Gasteiger partial charge < -0.3 is 9.84 Å². The fourth-order valence-corrected chi connectivity index (χ4v) is 5.44. The first-order valence-electron chi connectivity index (χ1n) is 9.31. The zero-order valence-electron chi connectivity index (χ0n) is 16.1. The Balaban J connectivity index is 2.22. The van der Waals surface area contributed by atoms with Crippen molar-refractivity contribution in [1.29, 1.82) is 0 Å². The number of rotatable bonds is 5. The summed E-state index contributed by atoms with van der Waals surface area (Å²) in [4.78, 5) is 23.4. The molecule has 25 heavy (non-hydrogen) atoms. The lowest BCUT2D eigenvalue weighted by atomic mass is 9.46. The van der Waals surface area contributed by atoms with Crippen LogP contribution in [0.5, 0.6) is 0 Å². The van der Waals surface area contributed by atoms with Crippen molar-refractivity contribution < 1.29 is 19.4 Å². The number of aliphatic carboxylic acids is 1. The van der Waals surface area contributed by atoms with Crippen LogP contribution in [0.4, 0.5) is 0 Å². The molecule has 0 spiro atoms. The van der Waals surface area contributed by atoms with Crippen LogP contribution in [0, 0.1) is 22.7 Å². The summed E-state index contributed by atoms with van der Waals surface area (Å²) >= 11 is 0. The van der Waals surface area contributed by atoms with Gasteiger partial charge in [0.25, 0.3) is 0 Å². The van der Waals surface area contributed by atoms with Crippen LogP contribution in [0.2, 0.25) is 0 Å². The Morgan fingerprint density at radius 1 is 1.36 bits per heavy atom. The number of carbonyl (C=O) groups excluding carboxylic acids is 1. The molecule has 0 heterocycles. The van der Waals surface area contributed by atoms with Gasteiger partial charge in [0, 0.05) is 6.08 Å². The quantitative estimate of drug-likeness (QED) is 0.442. The van der Waals surface area contributed by atoms with Crippen LogP contribution in [0.3, 0.4) is 0 Å². The summed E-state index contributed by atoms with van der Waals surface area (Å²) in [6.45, 7) is 10.5. The van der Waals surface area contributed by atoms with E-state index in [1.165, 1.54) is 12.7 Å². The number of ether oxygens (including phenoxy) is 1. The van der Waals surface area contributed by atoms with Crippen LogP contribution in [0.1, 0.15) is 65.7 Å². The van der Waals surface area contributed by atoms with Gasteiger partial charge in [-0.1, -0.05) is 31.1 Å². The van der Waals surface area contributed by atoms with E-state index < -0.39 is 11.4 Å². The minimum absolute atomic E-state index is 0.0216. The Bertz CT molecular complexity index is 591. The molecule has 2 aliphatic rings. The van der Waals surface area contributed by atoms with Crippen molar-refractivity contribution in [2.24, 2.45) is 22.7 Å². The molecule has 4 heteroatoms. The van der Waals surface area contributed by atoms with E-state index in [2.05, 4.69) is 13.5 Å². The molecule has 0 aromatic heterocycles. The molecule has 0 bridgehead atoms. The number of methoxy groups -OCH3 is 1. The molecular weight excluding hydrogens is 316 g/mol. The van der Waals surface area contributed by atoms with Crippen LogP contribution < -0.4 is 0 Å². The van der Waals surface area contributed by atoms with Gasteiger partial charge in [-0.15, -0.1) is 0 Å². The van der Waals surface area contributed by atoms with Gasteiger partial charge in [-0.2, -0.15) is 0 Å². The van der Waals surface area contributed by atoms with E-state index >= 15 is 0 Å². The van der Waals surface area contributed by atoms with Crippen molar-refractivity contribution in [2.45, 2.75) is 65.7 Å². The van der Waals surface area contributed by atoms with Gasteiger partial charge in [-0.3, -0.25) is 4.79 Å². The van der Waals surface area contributed by atoms with Crippen LogP contribution in [0.15, 0.2) is 23.8 Å². The molecule has 0 aliphatic heterocycles. The molecule has 2 rings (SSSR count). The Morgan fingerprint density at radius 3 is 2.64 bits per heavy atom. The van der Waals surface area contributed by atoms with Crippen molar-refractivity contribution >= 4 is 11.9 Å². The number of carbonyl (C=O) groups is 2. The van der Waals surface area contributed by atoms with E-state index in [0.29, 0.717) is 5.92 Å². The summed E-state index contributed by atoms with van der Waals surface area (Å²) < 4.78 is 4.70. The highest BCUT2D eigenvalue weighted by Crippen LogP contribution is 2.62. The molecule has 1 unspecified atom stereocenters. The molecule has 2 saturated carbocycles. The van der Waals surface area contributed by atoms with Gasteiger partial charge in [0.15, 0.2) is 0 Å². The molecule has 4 nitrogen and oxygen atoms in total. The molecule has 0 radical (unpaired) electrons. The zero-order valence-corrected chi connectivity index (χ0v) is 16.1. The first-order chi connectivity index (χ1) is 11.6. The van der Waals surface area contributed by atoms with Gasteiger partial charge in [-0.05, 0) is 69.6 Å². The van der Waals surface area contributed by atoms with E-state index in [1.54, 1.807) is 6.08 Å². The van der Waals surface area contributed by atoms with E-state index in [1.807, 2.05) is 13.8 Å². The average Bonchev–Trinajstić information content (AvgIpc) is 2.53. The molecule has 4 atom stereocenters. The summed E-state index contributed by atoms with van der Waals surface area (Å²) in [5, 5.41) is 9.86. The SMILES string of the molecule is C=C1CCC2[C@](C)(CCC[C@]2(C)C(=O)O)[C@H]1CC/C(C)=C/C(=O)OC. The fraction of sp³-hybridized carbons (Fsp3) is 0.714. The van der Waals surface area contributed by atoms with Gasteiger partial charge in [0.1, 0.15) is 0 Å². The van der Waals surface area contributed by atoms with Crippen molar-refractivity contribution in [3.8, 4) is 0 Å². The Kier molecular flexibility index (Phi) is 5.80. The van der Waals surface area contributed by atoms with Crippen molar-refractivity contribution in [3.05, 3.63) is 23.8 Å². The second kappa shape index (κ2) is 7.35. The molecule has 0 aromatic carbocycles. The maximum atomic E-state index is 12.0. The standard InChI is InChI=1S/C21H32O4/c1-14(13-18(22)25-5)7-9-16-15(2)8-10-17-20(16,3)11-6-12-21(17,4)19(23)24/h13,16-17H,2,6-12H2,1,3-5H3,(H,23,24)/b14-13+/t16-,17?,20+,21-/m0/s1. The highest BCUT2D eigenvalue weighted by molar-refractivity contribution is 5.82. The largest absolute Gasteiger partial charge is 0.481 e. The maximum Gasteiger partial charge on any atom is 0.330 e. The second-order valence-corrected chi connectivity index (χ2v) is 8.44. The third kappa shape index (κ3) is 3.68. The molecule has 2 fully saturated rings. The lowest BCUT2D eigenvalue weighted by molar-refractivity contribution is -0.164. The summed E-state index contributed by atoms with van der Waals surface area (Å²) in [5.41, 5.74) is 1.59. The second-order valence-electron chi connectivity index (χ2n) is 8.44. The van der Waals surface area contributed by atoms with Gasteiger partial charge >= 0.3 is 11.9 Å². The van der Waals surface area contributed by atoms with Gasteiger partial charge in [0.2, 0.25) is 0 Å². The first kappa shape index (κ1) is 19.7. The van der Waals surface area contributed by atoms with Crippen LogP contribution in [-0.4, -0.2) is 24.2 Å². The van der Waals surface area contributed by atoms with E-state index in [-0.39, 0.29) is 17.3 Å². The van der Waals surface area contributed by atoms with E-state index in [4.69, 9.17) is 4.74 Å². The van der Waals surface area contributed by atoms with Crippen LogP contribution in [-0.2, 0) is 14.3 Å². The molecule has 0 amide bonds. The van der Waals surface area contributed by atoms with Crippen molar-refractivity contribution in [2.75, 3.05) is 7.11 Å². The topological polar surface area (TPSA) is 63.6 Å². The Hall–Kier alpha value is -1.58. The number of carboxylic acid groups (broad SMARTS) is 1. The minimum atomic E-state index is -0.656. The summed E-state index contributed by atoms with van der Waals surface area (Å²) in [6.07, 6.45) is 7.89. The molecule has 0 aromatic rings. The number of esters is 1. The Morgan fingerprint density at radius 2 is 2.04 bits per heavy atom. The predicted octanol–water partition coefficient (Wildman–Crippen LogP) is 4.75. The highest BCUT2D eigenvalue weighted by Gasteiger charge is 2.57. The minimum Gasteiger partial charge on any atom is -0.481 e. The highest BCUT2D eigenvalue weighted by atomic mass is 16.5. The molecule has 140 valence electrons. The average molecular weight is 348 g/mol. The van der Waals surface area contributed by atoms with E-state index in [0.717, 1.165) is 50.5 Å². The number of fused-ring (bicyclic) bond motifs is 1. The van der Waals surface area contributed by atoms with Gasteiger partial charge in [-0.25, -0.2) is 4.79 Å². The molecular formula is C21H32O4. The molecule has 2 aliphatic carbocycles. The summed E-state index contributed by atoms with van der Waals surface area (Å²) in [5.74, 6) is -0.477. The van der Waals surface area contributed by atoms with E-state index in [9.17, 15) is 14.7 Å². The third-order valence-corrected chi connectivity index (χ3v) is 6.90. The third-order valence-electron chi connectivity index (χ3n) is 6.90. The zero-order chi connectivity index (χ0) is 18.8. The summed E-state index contributed by atoms with van der Waals surface area (Å²) in [6, 6.07) is 0. The van der Waals surface area contributed by atoms with Crippen LogP contribution in [0.25, 0.3) is 0 Å². The normalized spacial score (nSPS) is 35.8. The number of carboxylic acids is 1. The Labute approximate surface area is 151 Å². The smallest absolute Gasteiger partial charge is 0.330 e. The fourth-order valence-electron chi connectivity index (χ4n) is 5.44. The van der Waals surface area contributed by atoms with Crippen molar-refractivity contribution in [1.82, 2.24) is 0 Å². The first-order valence-corrected chi connectivity index (χ1v) is 9.31. The lowest BCUT2D eigenvalue weighted by Crippen LogP contribution is -2.53. The van der Waals surface area contributed by atoms with Gasteiger partial charge in [0.05, 0.1) is 12.5 Å². The van der Waals surface area contributed by atoms with Crippen molar-refractivity contribution in [3.63, 3.8) is 0 Å². The summed E-state index contributed by atoms with van der Waals surface area (Å²) in [7, 11) is 1.38. The van der Waals surface area contributed by atoms with Crippen LogP contribution >= 0.6 is 0 Å². The molecule has 1 N–H and O–H groups in total. The number of allylic oxidation sites excluding steroid dienone is 2. The number of hydrogen-bond donors (Lipinski definition) is 1. The number of hydrogen-bond acceptors (Lipinski definition) is 3. The molecule has 0 saturated heterocycles. The maximum absolute atomic E-state index is 12.0.